The first-order valence-electron chi connectivity index (χ1n) is 8.56. The monoisotopic (exact) mass is 377 g/mol. The average Bonchev–Trinajstić information content (AvgIpc) is 3.00. The van der Waals surface area contributed by atoms with Crippen molar-refractivity contribution in [2.75, 3.05) is 6.26 Å². The normalized spacial score (nSPS) is 11.8. The molecule has 6 heteroatoms. The van der Waals surface area contributed by atoms with E-state index in [4.69, 9.17) is 4.98 Å². The summed E-state index contributed by atoms with van der Waals surface area (Å²) in [5, 5.41) is 0. The van der Waals surface area contributed by atoms with Crippen LogP contribution in [0.4, 0.5) is 0 Å². The fourth-order valence-electron chi connectivity index (χ4n) is 3.07. The van der Waals surface area contributed by atoms with Gasteiger partial charge in [-0.25, -0.2) is 18.4 Å². The van der Waals surface area contributed by atoms with Crippen molar-refractivity contribution in [3.63, 3.8) is 0 Å². The highest BCUT2D eigenvalue weighted by Crippen LogP contribution is 2.33. The van der Waals surface area contributed by atoms with Crippen LogP contribution in [-0.4, -0.2) is 29.0 Å². The van der Waals surface area contributed by atoms with Crippen molar-refractivity contribution in [1.82, 2.24) is 14.4 Å². The Bertz CT molecular complexity index is 1240. The summed E-state index contributed by atoms with van der Waals surface area (Å²) in [6.07, 6.45) is 3.17. The summed E-state index contributed by atoms with van der Waals surface area (Å²) in [4.78, 5) is 9.57. The van der Waals surface area contributed by atoms with Crippen molar-refractivity contribution in [1.29, 1.82) is 0 Å². The number of rotatable bonds is 3. The Labute approximate surface area is 158 Å². The van der Waals surface area contributed by atoms with Crippen molar-refractivity contribution in [3.8, 4) is 22.5 Å². The smallest absolute Gasteiger partial charge is 0.235 e. The van der Waals surface area contributed by atoms with Gasteiger partial charge in [-0.05, 0) is 32.0 Å². The molecule has 5 nitrogen and oxygen atoms in total. The number of hydrogen-bond donors (Lipinski definition) is 0. The van der Waals surface area contributed by atoms with Crippen molar-refractivity contribution in [3.05, 3.63) is 72.1 Å². The van der Waals surface area contributed by atoms with Crippen LogP contribution in [0.25, 0.3) is 28.3 Å². The molecule has 27 heavy (non-hydrogen) atoms. The standard InChI is InChI=1S/C21H19N3O2S/c1-14-4-6-17(7-5-14)20-19(23-21-22-15(2)12-13-24(20)21)16-8-10-18(11-9-16)27(3,25)26/h4-13H,1-3H3. The number of hydrogen-bond acceptors (Lipinski definition) is 4. The predicted octanol–water partition coefficient (Wildman–Crippen LogP) is 4.08. The second-order valence-electron chi connectivity index (χ2n) is 6.71. The lowest BCUT2D eigenvalue weighted by Crippen LogP contribution is -1.96. The van der Waals surface area contributed by atoms with Crippen LogP contribution in [0.2, 0.25) is 0 Å². The van der Waals surface area contributed by atoms with E-state index < -0.39 is 9.84 Å². The highest BCUT2D eigenvalue weighted by atomic mass is 32.2. The second-order valence-corrected chi connectivity index (χ2v) is 8.73. The maximum atomic E-state index is 11.7. The Balaban J connectivity index is 1.97. The van der Waals surface area contributed by atoms with Gasteiger partial charge in [0.15, 0.2) is 9.84 Å². The van der Waals surface area contributed by atoms with Gasteiger partial charge in [0.25, 0.3) is 0 Å². The summed E-state index contributed by atoms with van der Waals surface area (Å²) in [6, 6.07) is 17.0. The van der Waals surface area contributed by atoms with Crippen LogP contribution >= 0.6 is 0 Å². The van der Waals surface area contributed by atoms with E-state index >= 15 is 0 Å². The van der Waals surface area contributed by atoms with Gasteiger partial charge in [0, 0.05) is 29.3 Å². The van der Waals surface area contributed by atoms with E-state index in [1.165, 1.54) is 11.8 Å². The molecule has 2 aromatic heterocycles. The molecular weight excluding hydrogens is 358 g/mol. The van der Waals surface area contributed by atoms with E-state index in [2.05, 4.69) is 29.2 Å². The first-order chi connectivity index (χ1) is 12.8. The highest BCUT2D eigenvalue weighted by molar-refractivity contribution is 7.90. The first-order valence-corrected chi connectivity index (χ1v) is 10.5. The Morgan fingerprint density at radius 3 is 2.07 bits per heavy atom. The average molecular weight is 377 g/mol. The molecule has 0 atom stereocenters. The molecule has 2 aromatic carbocycles. The lowest BCUT2D eigenvalue weighted by molar-refractivity contribution is 0.602. The molecule has 0 saturated carbocycles. The van der Waals surface area contributed by atoms with Gasteiger partial charge < -0.3 is 0 Å². The van der Waals surface area contributed by atoms with Crippen molar-refractivity contribution >= 4 is 15.6 Å². The highest BCUT2D eigenvalue weighted by Gasteiger charge is 2.17. The van der Waals surface area contributed by atoms with Crippen LogP contribution in [0.3, 0.4) is 0 Å². The number of nitrogens with zero attached hydrogens (tertiary/aromatic N) is 3. The summed E-state index contributed by atoms with van der Waals surface area (Å²) in [5.74, 6) is 0.618. The van der Waals surface area contributed by atoms with E-state index in [0.29, 0.717) is 10.7 Å². The summed E-state index contributed by atoms with van der Waals surface area (Å²) in [6.45, 7) is 3.98. The molecule has 0 aliphatic heterocycles. The van der Waals surface area contributed by atoms with Crippen LogP contribution in [0.15, 0.2) is 65.7 Å². The van der Waals surface area contributed by atoms with E-state index in [9.17, 15) is 8.42 Å². The van der Waals surface area contributed by atoms with Gasteiger partial charge in [0.05, 0.1) is 16.3 Å². The van der Waals surface area contributed by atoms with Crippen LogP contribution in [-0.2, 0) is 9.84 Å². The van der Waals surface area contributed by atoms with E-state index in [1.807, 2.05) is 30.5 Å². The Kier molecular flexibility index (Phi) is 4.08. The largest absolute Gasteiger partial charge is 0.283 e. The van der Waals surface area contributed by atoms with E-state index in [-0.39, 0.29) is 0 Å². The minimum absolute atomic E-state index is 0.292. The van der Waals surface area contributed by atoms with Crippen molar-refractivity contribution < 1.29 is 8.42 Å². The van der Waals surface area contributed by atoms with Crippen molar-refractivity contribution in [2.24, 2.45) is 0 Å². The minimum atomic E-state index is -3.24. The molecule has 4 rings (SSSR count). The number of fused-ring (bicyclic) bond motifs is 1. The van der Waals surface area contributed by atoms with Gasteiger partial charge in [0.2, 0.25) is 5.78 Å². The third-order valence-corrected chi connectivity index (χ3v) is 5.64. The number of sulfone groups is 1. The molecule has 0 spiro atoms. The quantitative estimate of drug-likeness (QED) is 0.540. The zero-order valence-corrected chi connectivity index (χ0v) is 16.2. The first kappa shape index (κ1) is 17.4. The van der Waals surface area contributed by atoms with Gasteiger partial charge >= 0.3 is 0 Å². The van der Waals surface area contributed by atoms with Gasteiger partial charge in [-0.15, -0.1) is 0 Å². The molecule has 2 heterocycles. The van der Waals surface area contributed by atoms with Crippen LogP contribution in [0.5, 0.6) is 0 Å². The van der Waals surface area contributed by atoms with Gasteiger partial charge in [0.1, 0.15) is 0 Å². The Hall–Kier alpha value is -2.99. The zero-order chi connectivity index (χ0) is 19.2. The van der Waals surface area contributed by atoms with Crippen molar-refractivity contribution in [2.45, 2.75) is 18.7 Å². The molecule has 0 aliphatic carbocycles. The second kappa shape index (κ2) is 6.32. The molecule has 0 radical (unpaired) electrons. The molecule has 0 aliphatic rings. The molecule has 4 aromatic rings. The predicted molar refractivity (Wildman–Crippen MR) is 106 cm³/mol. The van der Waals surface area contributed by atoms with Crippen LogP contribution in [0.1, 0.15) is 11.3 Å². The molecule has 0 bridgehead atoms. The van der Waals surface area contributed by atoms with Crippen LogP contribution in [0, 0.1) is 13.8 Å². The summed E-state index contributed by atoms with van der Waals surface area (Å²) >= 11 is 0. The molecule has 136 valence electrons. The lowest BCUT2D eigenvalue weighted by Gasteiger charge is -2.07. The molecule has 0 fully saturated rings. The third-order valence-electron chi connectivity index (χ3n) is 4.51. The Morgan fingerprint density at radius 2 is 1.44 bits per heavy atom. The van der Waals surface area contributed by atoms with E-state index in [1.54, 1.807) is 24.3 Å². The SMILES string of the molecule is Cc1ccc(-c2c(-c3ccc(S(C)(=O)=O)cc3)nc3nc(C)ccn23)cc1. The van der Waals surface area contributed by atoms with Gasteiger partial charge in [-0.2, -0.15) is 0 Å². The number of imidazole rings is 1. The Morgan fingerprint density at radius 1 is 0.815 bits per heavy atom. The molecule has 0 unspecified atom stereocenters. The van der Waals surface area contributed by atoms with Gasteiger partial charge in [-0.3, -0.25) is 4.40 Å². The molecule has 0 saturated heterocycles. The maximum Gasteiger partial charge on any atom is 0.235 e. The minimum Gasteiger partial charge on any atom is -0.283 e. The maximum absolute atomic E-state index is 11.7. The summed E-state index contributed by atoms with van der Waals surface area (Å²) in [7, 11) is -3.24. The number of aromatic nitrogens is 3. The molecular formula is C21H19N3O2S. The fraction of sp³-hybridized carbons (Fsp3) is 0.143. The third kappa shape index (κ3) is 3.24. The topological polar surface area (TPSA) is 64.3 Å². The number of benzene rings is 2. The summed E-state index contributed by atoms with van der Waals surface area (Å²) in [5.41, 5.74) is 5.66. The zero-order valence-electron chi connectivity index (χ0n) is 15.3. The lowest BCUT2D eigenvalue weighted by atomic mass is 10.0. The molecule has 0 N–H and O–H groups in total. The fourth-order valence-corrected chi connectivity index (χ4v) is 3.70. The number of aryl methyl sites for hydroxylation is 2. The van der Waals surface area contributed by atoms with Gasteiger partial charge in [-0.1, -0.05) is 42.0 Å². The molecule has 0 amide bonds. The summed E-state index contributed by atoms with van der Waals surface area (Å²) < 4.78 is 25.5. The van der Waals surface area contributed by atoms with E-state index in [0.717, 1.165) is 28.2 Å². The van der Waals surface area contributed by atoms with Crippen LogP contribution < -0.4 is 0 Å².